The normalized spacial score (nSPS) is 28.5. The highest BCUT2D eigenvalue weighted by atomic mass is 16.5. The number of nitrogens with zero attached hydrogens (tertiary/aromatic N) is 2. The summed E-state index contributed by atoms with van der Waals surface area (Å²) < 4.78 is 5.10. The van der Waals surface area contributed by atoms with Crippen molar-refractivity contribution in [3.05, 3.63) is 30.1 Å². The molecule has 0 unspecified atom stereocenters. The number of rotatable bonds is 5. The largest absolute Gasteiger partial charge is 0.389 e. The second-order valence-corrected chi connectivity index (χ2v) is 5.55. The number of aliphatic hydroxyl groups is 1. The van der Waals surface area contributed by atoms with E-state index in [0.717, 1.165) is 38.2 Å². The third-order valence-electron chi connectivity index (χ3n) is 4.16. The lowest BCUT2D eigenvalue weighted by molar-refractivity contribution is -0.0829. The fourth-order valence-corrected chi connectivity index (χ4v) is 2.76. The summed E-state index contributed by atoms with van der Waals surface area (Å²) in [5, 5.41) is 10.6. The Morgan fingerprint density at radius 3 is 3.00 bits per heavy atom. The second-order valence-electron chi connectivity index (χ2n) is 5.55. The van der Waals surface area contributed by atoms with Crippen molar-refractivity contribution in [1.29, 1.82) is 0 Å². The Kier molecular flexibility index (Phi) is 4.91. The van der Waals surface area contributed by atoms with Gasteiger partial charge in [-0.3, -0.25) is 9.88 Å². The fraction of sp³-hybridized carbons (Fsp3) is 0.667. The summed E-state index contributed by atoms with van der Waals surface area (Å²) in [7, 11) is 1.68. The van der Waals surface area contributed by atoms with E-state index in [0.29, 0.717) is 6.61 Å². The number of aromatic nitrogens is 1. The van der Waals surface area contributed by atoms with Crippen molar-refractivity contribution in [2.45, 2.75) is 31.9 Å². The number of methoxy groups -OCH3 is 1. The summed E-state index contributed by atoms with van der Waals surface area (Å²) >= 11 is 0. The molecular weight excluding hydrogens is 240 g/mol. The summed E-state index contributed by atoms with van der Waals surface area (Å²) in [6.45, 7) is 5.45. The van der Waals surface area contributed by atoms with E-state index in [1.807, 2.05) is 18.3 Å². The number of pyridine rings is 1. The van der Waals surface area contributed by atoms with E-state index in [9.17, 15) is 5.11 Å². The average molecular weight is 264 g/mol. The Balaban J connectivity index is 1.89. The van der Waals surface area contributed by atoms with E-state index in [2.05, 4.69) is 22.9 Å². The molecule has 1 fully saturated rings. The third kappa shape index (κ3) is 3.75. The van der Waals surface area contributed by atoms with Crippen LogP contribution in [0, 0.1) is 5.92 Å². The Hall–Kier alpha value is -0.970. The lowest BCUT2D eigenvalue weighted by atomic mass is 9.80. The van der Waals surface area contributed by atoms with Crippen LogP contribution in [0.3, 0.4) is 0 Å². The molecule has 106 valence electrons. The molecule has 0 aliphatic carbocycles. The van der Waals surface area contributed by atoms with Crippen LogP contribution in [0.2, 0.25) is 0 Å². The zero-order valence-electron chi connectivity index (χ0n) is 11.9. The zero-order valence-corrected chi connectivity index (χ0v) is 11.9. The summed E-state index contributed by atoms with van der Waals surface area (Å²) in [4.78, 5) is 6.73. The van der Waals surface area contributed by atoms with Gasteiger partial charge in [0.1, 0.15) is 0 Å². The molecule has 1 aromatic rings. The summed E-state index contributed by atoms with van der Waals surface area (Å²) in [6, 6.07) is 6.01. The number of likely N-dealkylation sites (tertiary alicyclic amines) is 1. The van der Waals surface area contributed by atoms with E-state index >= 15 is 0 Å². The molecule has 0 aromatic carbocycles. The maximum Gasteiger partial charge on any atom is 0.0719 e. The van der Waals surface area contributed by atoms with Gasteiger partial charge in [0.15, 0.2) is 0 Å². The van der Waals surface area contributed by atoms with Crippen LogP contribution in [0.1, 0.15) is 25.5 Å². The Morgan fingerprint density at radius 1 is 1.53 bits per heavy atom. The lowest BCUT2D eigenvalue weighted by Gasteiger charge is -2.43. The predicted molar refractivity (Wildman–Crippen MR) is 74.7 cm³/mol. The van der Waals surface area contributed by atoms with Crippen LogP contribution >= 0.6 is 0 Å². The van der Waals surface area contributed by atoms with Crippen molar-refractivity contribution in [3.8, 4) is 0 Å². The van der Waals surface area contributed by atoms with Crippen molar-refractivity contribution in [2.75, 3.05) is 26.8 Å². The predicted octanol–water partition coefficient (Wildman–Crippen LogP) is 1.69. The Labute approximate surface area is 115 Å². The molecule has 4 heteroatoms. The van der Waals surface area contributed by atoms with Gasteiger partial charge in [-0.15, -0.1) is 0 Å². The molecule has 19 heavy (non-hydrogen) atoms. The van der Waals surface area contributed by atoms with Crippen LogP contribution in [0.5, 0.6) is 0 Å². The van der Waals surface area contributed by atoms with Gasteiger partial charge in [0.2, 0.25) is 0 Å². The van der Waals surface area contributed by atoms with E-state index in [1.165, 1.54) is 0 Å². The van der Waals surface area contributed by atoms with Crippen molar-refractivity contribution < 1.29 is 9.84 Å². The molecule has 4 nitrogen and oxygen atoms in total. The van der Waals surface area contributed by atoms with Gasteiger partial charge >= 0.3 is 0 Å². The summed E-state index contributed by atoms with van der Waals surface area (Å²) in [5.74, 6) is 0.264. The van der Waals surface area contributed by atoms with Gasteiger partial charge in [0.05, 0.1) is 11.3 Å². The molecule has 0 spiro atoms. The highest BCUT2D eigenvalue weighted by Crippen LogP contribution is 2.31. The van der Waals surface area contributed by atoms with Gasteiger partial charge in [-0.05, 0) is 30.9 Å². The third-order valence-corrected chi connectivity index (χ3v) is 4.16. The Bertz CT molecular complexity index is 385. The van der Waals surface area contributed by atoms with Crippen LogP contribution < -0.4 is 0 Å². The fourth-order valence-electron chi connectivity index (χ4n) is 2.76. The quantitative estimate of drug-likeness (QED) is 0.879. The maximum absolute atomic E-state index is 10.6. The molecule has 0 amide bonds. The van der Waals surface area contributed by atoms with Crippen molar-refractivity contribution in [2.24, 2.45) is 5.92 Å². The van der Waals surface area contributed by atoms with Crippen LogP contribution in [0.15, 0.2) is 24.4 Å². The zero-order chi connectivity index (χ0) is 13.7. The molecule has 2 atom stereocenters. The van der Waals surface area contributed by atoms with Gasteiger partial charge in [-0.2, -0.15) is 0 Å². The number of hydrogen-bond donors (Lipinski definition) is 1. The molecule has 0 saturated carbocycles. The second kappa shape index (κ2) is 6.46. The first kappa shape index (κ1) is 14.4. The summed E-state index contributed by atoms with van der Waals surface area (Å²) in [6.07, 6.45) is 3.37. The van der Waals surface area contributed by atoms with Crippen LogP contribution in [-0.2, 0) is 11.3 Å². The van der Waals surface area contributed by atoms with E-state index in [4.69, 9.17) is 4.74 Å². The number of ether oxygens (including phenoxy) is 1. The highest BCUT2D eigenvalue weighted by Gasteiger charge is 2.38. The first-order chi connectivity index (χ1) is 9.14. The van der Waals surface area contributed by atoms with E-state index in [1.54, 1.807) is 7.11 Å². The van der Waals surface area contributed by atoms with Crippen molar-refractivity contribution >= 4 is 0 Å². The standard InChI is InChI=1S/C15H24N2O2/c1-13-11-17(12-14-5-3-4-8-16-14)9-6-15(13,18)7-10-19-2/h3-5,8,13,18H,6-7,9-12H2,1-2H3/t13-,15-/m1/s1. The van der Waals surface area contributed by atoms with Gasteiger partial charge in [-0.1, -0.05) is 13.0 Å². The average Bonchev–Trinajstić information content (AvgIpc) is 2.42. The summed E-state index contributed by atoms with van der Waals surface area (Å²) in [5.41, 5.74) is 0.522. The minimum atomic E-state index is -0.573. The van der Waals surface area contributed by atoms with Gasteiger partial charge in [-0.25, -0.2) is 0 Å². The monoisotopic (exact) mass is 264 g/mol. The van der Waals surface area contributed by atoms with E-state index in [-0.39, 0.29) is 5.92 Å². The molecular formula is C15H24N2O2. The lowest BCUT2D eigenvalue weighted by Crippen LogP contribution is -2.51. The first-order valence-corrected chi connectivity index (χ1v) is 6.97. The maximum atomic E-state index is 10.6. The van der Waals surface area contributed by atoms with Gasteiger partial charge in [0, 0.05) is 39.5 Å². The molecule has 2 rings (SSSR count). The van der Waals surface area contributed by atoms with Crippen LogP contribution in [-0.4, -0.2) is 47.4 Å². The topological polar surface area (TPSA) is 45.6 Å². The van der Waals surface area contributed by atoms with E-state index < -0.39 is 5.60 Å². The first-order valence-electron chi connectivity index (χ1n) is 6.97. The van der Waals surface area contributed by atoms with Crippen molar-refractivity contribution in [1.82, 2.24) is 9.88 Å². The smallest absolute Gasteiger partial charge is 0.0719 e. The van der Waals surface area contributed by atoms with Gasteiger partial charge in [0.25, 0.3) is 0 Å². The number of hydrogen-bond acceptors (Lipinski definition) is 4. The molecule has 0 bridgehead atoms. The minimum Gasteiger partial charge on any atom is -0.389 e. The molecule has 1 N–H and O–H groups in total. The molecule has 1 aromatic heterocycles. The molecule has 1 aliphatic rings. The SMILES string of the molecule is COCC[C@]1(O)CCN(Cc2ccccn2)C[C@H]1C. The molecule has 1 aliphatic heterocycles. The molecule has 1 saturated heterocycles. The van der Waals surface area contributed by atoms with Crippen LogP contribution in [0.4, 0.5) is 0 Å². The minimum absolute atomic E-state index is 0.264. The van der Waals surface area contributed by atoms with Gasteiger partial charge < -0.3 is 9.84 Å². The highest BCUT2D eigenvalue weighted by molar-refractivity contribution is 5.04. The molecule has 2 heterocycles. The van der Waals surface area contributed by atoms with Crippen molar-refractivity contribution in [3.63, 3.8) is 0 Å². The molecule has 0 radical (unpaired) electrons. The van der Waals surface area contributed by atoms with Crippen LogP contribution in [0.25, 0.3) is 0 Å². The Morgan fingerprint density at radius 2 is 2.37 bits per heavy atom. The number of piperidine rings is 1.